The zero-order valence-electron chi connectivity index (χ0n) is 19.5. The molecule has 1 aliphatic rings. The van der Waals surface area contributed by atoms with Crippen molar-refractivity contribution in [3.63, 3.8) is 0 Å². The normalized spacial score (nSPS) is 17.0. The van der Waals surface area contributed by atoms with Crippen molar-refractivity contribution in [2.45, 2.75) is 31.5 Å². The molecular formula is C24H28N4O4S2. The van der Waals surface area contributed by atoms with E-state index in [0.29, 0.717) is 24.0 Å². The van der Waals surface area contributed by atoms with Crippen molar-refractivity contribution in [3.05, 3.63) is 54.1 Å². The average Bonchev–Trinajstić information content (AvgIpc) is 3.40. The van der Waals surface area contributed by atoms with Crippen LogP contribution in [0.15, 0.2) is 53.7 Å². The fraction of sp³-hybridized carbons (Fsp3) is 0.375. The van der Waals surface area contributed by atoms with Crippen LogP contribution in [0.25, 0.3) is 17.1 Å². The number of thioether (sulfide) groups is 1. The Morgan fingerprint density at radius 3 is 2.62 bits per heavy atom. The molecule has 1 aliphatic heterocycles. The van der Waals surface area contributed by atoms with Crippen molar-refractivity contribution in [1.29, 1.82) is 0 Å². The number of hydrogen-bond acceptors (Lipinski definition) is 7. The second-order valence-corrected chi connectivity index (χ2v) is 11.5. The number of benzene rings is 2. The second kappa shape index (κ2) is 10.2. The number of carbonyl (C=O) groups excluding carboxylic acids is 1. The highest BCUT2D eigenvalue weighted by Crippen LogP contribution is 2.30. The van der Waals surface area contributed by atoms with E-state index in [4.69, 9.17) is 4.74 Å². The maximum absolute atomic E-state index is 12.8. The van der Waals surface area contributed by atoms with E-state index >= 15 is 0 Å². The third kappa shape index (κ3) is 5.44. The maximum atomic E-state index is 12.8. The Kier molecular flexibility index (Phi) is 7.27. The standard InChI is InChI=1S/C24H28N4O4S2/c1-4-32-21-10-8-19(9-11-21)28-23(18-7-5-6-17(2)14-18)25-26-24(28)33-15-22(29)27(3)20-12-13-34(30,31)16-20/h5-11,14,20H,4,12-13,15-16H2,1-3H3/t20-/m0/s1. The third-order valence-electron chi connectivity index (χ3n) is 5.79. The van der Waals surface area contributed by atoms with Gasteiger partial charge < -0.3 is 9.64 Å². The summed E-state index contributed by atoms with van der Waals surface area (Å²) in [6.45, 7) is 4.54. The molecule has 0 saturated carbocycles. The molecule has 4 rings (SSSR count). The van der Waals surface area contributed by atoms with Gasteiger partial charge in [-0.3, -0.25) is 9.36 Å². The van der Waals surface area contributed by atoms with Gasteiger partial charge in [0.15, 0.2) is 20.8 Å². The average molecular weight is 501 g/mol. The second-order valence-electron chi connectivity index (χ2n) is 8.29. The highest BCUT2D eigenvalue weighted by Gasteiger charge is 2.32. The molecule has 2 aromatic carbocycles. The molecule has 2 heterocycles. The summed E-state index contributed by atoms with van der Waals surface area (Å²) in [5.74, 6) is 1.61. The van der Waals surface area contributed by atoms with Crippen molar-refractivity contribution in [2.75, 3.05) is 30.9 Å². The van der Waals surface area contributed by atoms with Crippen LogP contribution in [-0.2, 0) is 14.6 Å². The van der Waals surface area contributed by atoms with Gasteiger partial charge in [0.05, 0.1) is 23.9 Å². The van der Waals surface area contributed by atoms with Crippen molar-refractivity contribution in [3.8, 4) is 22.8 Å². The first kappa shape index (κ1) is 24.3. The van der Waals surface area contributed by atoms with E-state index in [1.54, 1.807) is 11.9 Å². The molecule has 0 N–H and O–H groups in total. The van der Waals surface area contributed by atoms with Crippen LogP contribution < -0.4 is 4.74 Å². The first-order valence-corrected chi connectivity index (χ1v) is 13.9. The summed E-state index contributed by atoms with van der Waals surface area (Å²) in [4.78, 5) is 14.4. The number of amides is 1. The lowest BCUT2D eigenvalue weighted by molar-refractivity contribution is -0.128. The van der Waals surface area contributed by atoms with Crippen LogP contribution in [0, 0.1) is 6.92 Å². The molecule has 1 fully saturated rings. The van der Waals surface area contributed by atoms with Gasteiger partial charge in [0.2, 0.25) is 5.91 Å². The summed E-state index contributed by atoms with van der Waals surface area (Å²) in [5, 5.41) is 9.41. The molecular weight excluding hydrogens is 472 g/mol. The number of rotatable bonds is 8. The predicted octanol–water partition coefficient (Wildman–Crippen LogP) is 3.38. The molecule has 0 radical (unpaired) electrons. The molecule has 180 valence electrons. The fourth-order valence-corrected chi connectivity index (χ4v) is 6.59. The minimum Gasteiger partial charge on any atom is -0.494 e. The summed E-state index contributed by atoms with van der Waals surface area (Å²) < 4.78 is 31.1. The first-order chi connectivity index (χ1) is 16.3. The molecule has 34 heavy (non-hydrogen) atoms. The molecule has 0 bridgehead atoms. The zero-order valence-corrected chi connectivity index (χ0v) is 21.1. The Morgan fingerprint density at radius 1 is 1.21 bits per heavy atom. The van der Waals surface area contributed by atoms with E-state index in [2.05, 4.69) is 10.2 Å². The Hall–Kier alpha value is -2.85. The highest BCUT2D eigenvalue weighted by atomic mass is 32.2. The molecule has 10 heteroatoms. The molecule has 1 aromatic heterocycles. The lowest BCUT2D eigenvalue weighted by Crippen LogP contribution is -2.38. The summed E-state index contributed by atoms with van der Waals surface area (Å²) >= 11 is 1.29. The van der Waals surface area contributed by atoms with Crippen LogP contribution in [0.4, 0.5) is 0 Å². The smallest absolute Gasteiger partial charge is 0.233 e. The number of nitrogens with zero attached hydrogens (tertiary/aromatic N) is 4. The van der Waals surface area contributed by atoms with Crippen molar-refractivity contribution in [2.24, 2.45) is 0 Å². The Morgan fingerprint density at radius 2 is 1.97 bits per heavy atom. The predicted molar refractivity (Wildman–Crippen MR) is 133 cm³/mol. The lowest BCUT2D eigenvalue weighted by atomic mass is 10.1. The Balaban J connectivity index is 1.60. The quantitative estimate of drug-likeness (QED) is 0.438. The van der Waals surface area contributed by atoms with Gasteiger partial charge in [-0.2, -0.15) is 0 Å². The third-order valence-corrected chi connectivity index (χ3v) is 8.45. The number of hydrogen-bond donors (Lipinski definition) is 0. The van der Waals surface area contributed by atoms with Crippen LogP contribution in [-0.4, -0.2) is 70.9 Å². The van der Waals surface area contributed by atoms with Crippen LogP contribution >= 0.6 is 11.8 Å². The SMILES string of the molecule is CCOc1ccc(-n2c(SCC(=O)N(C)[C@H]3CCS(=O)(=O)C3)nnc2-c2cccc(C)c2)cc1. The first-order valence-electron chi connectivity index (χ1n) is 11.1. The largest absolute Gasteiger partial charge is 0.494 e. The molecule has 3 aromatic rings. The van der Waals surface area contributed by atoms with Gasteiger partial charge in [-0.25, -0.2) is 8.42 Å². The highest BCUT2D eigenvalue weighted by molar-refractivity contribution is 7.99. The molecule has 1 saturated heterocycles. The topological polar surface area (TPSA) is 94.4 Å². The summed E-state index contributed by atoms with van der Waals surface area (Å²) in [5.41, 5.74) is 2.89. The van der Waals surface area contributed by atoms with Gasteiger partial charge in [-0.15, -0.1) is 10.2 Å². The van der Waals surface area contributed by atoms with Crippen LogP contribution in [0.5, 0.6) is 5.75 Å². The van der Waals surface area contributed by atoms with Gasteiger partial charge in [-0.1, -0.05) is 35.5 Å². The van der Waals surface area contributed by atoms with Crippen LogP contribution in [0.3, 0.4) is 0 Å². The van der Waals surface area contributed by atoms with E-state index in [1.165, 1.54) is 11.8 Å². The number of ether oxygens (including phenoxy) is 1. The zero-order chi connectivity index (χ0) is 24.3. The number of aromatic nitrogens is 3. The lowest BCUT2D eigenvalue weighted by Gasteiger charge is -2.23. The van der Waals surface area contributed by atoms with Crippen LogP contribution in [0.1, 0.15) is 18.9 Å². The van der Waals surface area contributed by atoms with E-state index < -0.39 is 9.84 Å². The molecule has 1 amide bonds. The minimum absolute atomic E-state index is 0.0276. The Bertz CT molecular complexity index is 1270. The molecule has 1 atom stereocenters. The number of aryl methyl sites for hydroxylation is 1. The summed E-state index contributed by atoms with van der Waals surface area (Å²) in [6, 6.07) is 15.4. The van der Waals surface area contributed by atoms with E-state index in [-0.39, 0.29) is 29.2 Å². The van der Waals surface area contributed by atoms with Crippen molar-refractivity contribution < 1.29 is 17.9 Å². The van der Waals surface area contributed by atoms with E-state index in [1.807, 2.05) is 66.9 Å². The van der Waals surface area contributed by atoms with Gasteiger partial charge in [-0.05, 0) is 50.6 Å². The van der Waals surface area contributed by atoms with Gasteiger partial charge in [0.1, 0.15) is 5.75 Å². The van der Waals surface area contributed by atoms with Crippen molar-refractivity contribution >= 4 is 27.5 Å². The number of carbonyl (C=O) groups is 1. The van der Waals surface area contributed by atoms with Gasteiger partial charge in [0, 0.05) is 24.3 Å². The summed E-state index contributed by atoms with van der Waals surface area (Å²) in [6.07, 6.45) is 0.481. The molecule has 0 aliphatic carbocycles. The molecule has 0 unspecified atom stereocenters. The monoisotopic (exact) mass is 500 g/mol. The fourth-order valence-electron chi connectivity index (χ4n) is 3.94. The van der Waals surface area contributed by atoms with E-state index in [9.17, 15) is 13.2 Å². The maximum Gasteiger partial charge on any atom is 0.233 e. The Labute approximate surface area is 204 Å². The molecule has 8 nitrogen and oxygen atoms in total. The molecule has 0 spiro atoms. The number of sulfone groups is 1. The van der Waals surface area contributed by atoms with Gasteiger partial charge in [0.25, 0.3) is 0 Å². The summed E-state index contributed by atoms with van der Waals surface area (Å²) in [7, 11) is -1.39. The van der Waals surface area contributed by atoms with Gasteiger partial charge >= 0.3 is 0 Å². The van der Waals surface area contributed by atoms with E-state index in [0.717, 1.165) is 22.6 Å². The van der Waals surface area contributed by atoms with Crippen molar-refractivity contribution in [1.82, 2.24) is 19.7 Å². The minimum atomic E-state index is -3.06. The van der Waals surface area contributed by atoms with Crippen LogP contribution in [0.2, 0.25) is 0 Å².